The first-order valence-corrected chi connectivity index (χ1v) is 12.1. The lowest BCUT2D eigenvalue weighted by Crippen LogP contribution is -2.26. The third-order valence-electron chi connectivity index (χ3n) is 5.16. The zero-order valence-corrected chi connectivity index (χ0v) is 18.4. The summed E-state index contributed by atoms with van der Waals surface area (Å²) >= 11 is 1.14. The molecule has 0 amide bonds. The summed E-state index contributed by atoms with van der Waals surface area (Å²) < 4.78 is 28.6. The molecule has 32 heavy (non-hydrogen) atoms. The summed E-state index contributed by atoms with van der Waals surface area (Å²) in [4.78, 5) is 9.18. The Morgan fingerprint density at radius 3 is 2.56 bits per heavy atom. The summed E-state index contributed by atoms with van der Waals surface area (Å²) in [6.45, 7) is 0. The Balaban J connectivity index is 1.58. The van der Waals surface area contributed by atoms with E-state index in [9.17, 15) is 13.5 Å². The summed E-state index contributed by atoms with van der Waals surface area (Å²) in [6, 6.07) is 18.5. The number of nitrogens with zero attached hydrogens (tertiary/aromatic N) is 4. The Morgan fingerprint density at radius 2 is 1.81 bits per heavy atom. The van der Waals surface area contributed by atoms with Gasteiger partial charge in [-0.2, -0.15) is 17.9 Å². The van der Waals surface area contributed by atoms with Gasteiger partial charge in [-0.05, 0) is 36.4 Å². The van der Waals surface area contributed by atoms with Crippen LogP contribution in [0.2, 0.25) is 0 Å². The summed E-state index contributed by atoms with van der Waals surface area (Å²) in [5.74, 6) is 0.0284. The van der Waals surface area contributed by atoms with Crippen LogP contribution >= 0.6 is 11.3 Å². The number of pyridine rings is 2. The van der Waals surface area contributed by atoms with E-state index in [1.807, 2.05) is 24.3 Å². The summed E-state index contributed by atoms with van der Waals surface area (Å²) in [6.07, 6.45) is 5.29. The fourth-order valence-corrected chi connectivity index (χ4v) is 6.40. The minimum absolute atomic E-state index is 0.0284. The van der Waals surface area contributed by atoms with Crippen LogP contribution in [-0.4, -0.2) is 33.6 Å². The fraction of sp³-hybridized carbons (Fsp3) is 0.0870. The van der Waals surface area contributed by atoms with Crippen molar-refractivity contribution in [3.05, 3.63) is 96.4 Å². The molecule has 9 heteroatoms. The van der Waals surface area contributed by atoms with Crippen LogP contribution in [0.4, 0.5) is 0 Å². The highest BCUT2D eigenvalue weighted by Gasteiger charge is 2.39. The van der Waals surface area contributed by atoms with Crippen molar-refractivity contribution in [2.45, 2.75) is 16.7 Å². The van der Waals surface area contributed by atoms with Gasteiger partial charge in [0, 0.05) is 36.1 Å². The van der Waals surface area contributed by atoms with Crippen LogP contribution in [0.25, 0.3) is 10.6 Å². The third kappa shape index (κ3) is 3.65. The number of hydrogen-bond donors (Lipinski definition) is 1. The van der Waals surface area contributed by atoms with Crippen LogP contribution in [0.1, 0.15) is 23.6 Å². The van der Waals surface area contributed by atoms with Crippen LogP contribution in [-0.2, 0) is 10.0 Å². The van der Waals surface area contributed by atoms with Crippen LogP contribution in [0, 0.1) is 0 Å². The second-order valence-electron chi connectivity index (χ2n) is 7.18. The molecule has 1 aliphatic heterocycles. The van der Waals surface area contributed by atoms with Gasteiger partial charge >= 0.3 is 0 Å². The lowest BCUT2D eigenvalue weighted by molar-refractivity contribution is 0.359. The maximum Gasteiger partial charge on any atom is 0.289 e. The van der Waals surface area contributed by atoms with Crippen molar-refractivity contribution in [3.8, 4) is 16.3 Å². The van der Waals surface area contributed by atoms with E-state index in [2.05, 4.69) is 15.1 Å². The summed E-state index contributed by atoms with van der Waals surface area (Å²) in [7, 11) is -3.98. The van der Waals surface area contributed by atoms with E-state index in [0.717, 1.165) is 26.2 Å². The molecular formula is C23H18N4O3S2. The molecule has 0 saturated heterocycles. The topological polar surface area (TPSA) is 95.8 Å². The Labute approximate surface area is 189 Å². The molecule has 0 bridgehead atoms. The van der Waals surface area contributed by atoms with Gasteiger partial charge in [0.15, 0.2) is 0 Å². The number of para-hydroxylation sites is 1. The maximum absolute atomic E-state index is 13.7. The molecule has 1 aromatic carbocycles. The molecule has 0 radical (unpaired) electrons. The Morgan fingerprint density at radius 1 is 0.969 bits per heavy atom. The van der Waals surface area contributed by atoms with Gasteiger partial charge in [-0.25, -0.2) is 0 Å². The van der Waals surface area contributed by atoms with Crippen molar-refractivity contribution >= 4 is 27.1 Å². The molecular weight excluding hydrogens is 444 g/mol. The third-order valence-corrected chi connectivity index (χ3v) is 8.42. The minimum atomic E-state index is -3.98. The molecule has 160 valence electrons. The summed E-state index contributed by atoms with van der Waals surface area (Å²) in [5, 5.41) is 14.9. The first kappa shape index (κ1) is 20.3. The van der Waals surface area contributed by atoms with Crippen molar-refractivity contribution in [3.63, 3.8) is 0 Å². The van der Waals surface area contributed by atoms with Gasteiger partial charge in [0.2, 0.25) is 0 Å². The van der Waals surface area contributed by atoms with Crippen molar-refractivity contribution in [1.29, 1.82) is 0 Å². The molecule has 4 heterocycles. The van der Waals surface area contributed by atoms with Crippen LogP contribution in [0.15, 0.2) is 94.6 Å². The van der Waals surface area contributed by atoms with E-state index in [-0.39, 0.29) is 9.96 Å². The standard InChI is InChI=1S/C23H18N4O3S2/c28-21-9-2-1-7-17(21)20-14-19(16-6-5-12-24-15-16)26-27(20)32(29,30)23-11-10-22(31-23)18-8-3-4-13-25-18/h1-13,15,20,28H,14H2. The second kappa shape index (κ2) is 8.18. The number of benzene rings is 1. The highest BCUT2D eigenvalue weighted by Crippen LogP contribution is 2.42. The monoisotopic (exact) mass is 462 g/mol. The molecule has 1 atom stereocenters. The number of sulfonamides is 1. The van der Waals surface area contributed by atoms with Crippen LogP contribution < -0.4 is 0 Å². The van der Waals surface area contributed by atoms with Gasteiger partial charge in [0.25, 0.3) is 10.0 Å². The van der Waals surface area contributed by atoms with E-state index in [0.29, 0.717) is 23.4 Å². The van der Waals surface area contributed by atoms with Gasteiger partial charge in [-0.3, -0.25) is 9.97 Å². The van der Waals surface area contributed by atoms with Gasteiger partial charge < -0.3 is 5.11 Å². The molecule has 0 spiro atoms. The Kier molecular flexibility index (Phi) is 5.20. The van der Waals surface area contributed by atoms with Crippen molar-refractivity contribution in [1.82, 2.24) is 14.4 Å². The predicted octanol–water partition coefficient (Wildman–Crippen LogP) is 4.45. The number of rotatable bonds is 5. The SMILES string of the molecule is O=S(=O)(c1ccc(-c2ccccn2)s1)N1N=C(c2cccnc2)CC1c1ccccc1O. The van der Waals surface area contributed by atoms with E-state index in [4.69, 9.17) is 0 Å². The number of thiophene rings is 1. The Bertz CT molecular complexity index is 1390. The molecule has 0 saturated carbocycles. The minimum Gasteiger partial charge on any atom is -0.508 e. The highest BCUT2D eigenvalue weighted by molar-refractivity contribution is 7.91. The van der Waals surface area contributed by atoms with Crippen molar-refractivity contribution < 1.29 is 13.5 Å². The van der Waals surface area contributed by atoms with Crippen molar-refractivity contribution in [2.24, 2.45) is 5.10 Å². The molecule has 5 rings (SSSR count). The molecule has 7 nitrogen and oxygen atoms in total. The lowest BCUT2D eigenvalue weighted by atomic mass is 9.99. The zero-order valence-electron chi connectivity index (χ0n) is 16.7. The van der Waals surface area contributed by atoms with E-state index in [1.165, 1.54) is 0 Å². The summed E-state index contributed by atoms with van der Waals surface area (Å²) in [5.41, 5.74) is 2.54. The molecule has 0 aliphatic carbocycles. The fourth-order valence-electron chi connectivity index (χ4n) is 3.62. The average Bonchev–Trinajstić information content (AvgIpc) is 3.50. The zero-order chi connectivity index (χ0) is 22.1. The number of hydrogen-bond acceptors (Lipinski definition) is 7. The molecule has 1 aliphatic rings. The number of phenolic OH excluding ortho intramolecular Hbond substituents is 1. The van der Waals surface area contributed by atoms with Gasteiger partial charge in [0.1, 0.15) is 9.96 Å². The molecule has 1 N–H and O–H groups in total. The molecule has 0 fully saturated rings. The van der Waals surface area contributed by atoms with Crippen molar-refractivity contribution in [2.75, 3.05) is 0 Å². The normalized spacial score (nSPS) is 16.2. The first-order chi connectivity index (χ1) is 15.5. The van der Waals surface area contributed by atoms with E-state index < -0.39 is 16.1 Å². The predicted molar refractivity (Wildman–Crippen MR) is 123 cm³/mol. The average molecular weight is 463 g/mol. The number of aromatic hydroxyl groups is 1. The highest BCUT2D eigenvalue weighted by atomic mass is 32.2. The Hall–Kier alpha value is -3.56. The molecule has 1 unspecified atom stereocenters. The lowest BCUT2D eigenvalue weighted by Gasteiger charge is -2.23. The number of phenols is 1. The number of hydrazone groups is 1. The van der Waals surface area contributed by atoms with E-state index in [1.54, 1.807) is 61.1 Å². The van der Waals surface area contributed by atoms with Gasteiger partial charge in [0.05, 0.1) is 22.3 Å². The van der Waals surface area contributed by atoms with Gasteiger partial charge in [-0.15, -0.1) is 11.3 Å². The van der Waals surface area contributed by atoms with Crippen LogP contribution in [0.3, 0.4) is 0 Å². The number of aromatic nitrogens is 2. The van der Waals surface area contributed by atoms with E-state index >= 15 is 0 Å². The molecule has 4 aromatic rings. The largest absolute Gasteiger partial charge is 0.508 e. The second-order valence-corrected chi connectivity index (χ2v) is 10.3. The quantitative estimate of drug-likeness (QED) is 0.473. The maximum atomic E-state index is 13.7. The smallest absolute Gasteiger partial charge is 0.289 e. The van der Waals surface area contributed by atoms with Crippen LogP contribution in [0.5, 0.6) is 5.75 Å². The first-order valence-electron chi connectivity index (χ1n) is 9.85. The van der Waals surface area contributed by atoms with Gasteiger partial charge in [-0.1, -0.05) is 30.3 Å². The molecule has 3 aromatic heterocycles.